The van der Waals surface area contributed by atoms with E-state index in [0.29, 0.717) is 30.4 Å². The molecule has 1 aliphatic rings. The lowest BCUT2D eigenvalue weighted by Crippen LogP contribution is -2.40. The van der Waals surface area contributed by atoms with Crippen molar-refractivity contribution in [3.05, 3.63) is 22.4 Å². The summed E-state index contributed by atoms with van der Waals surface area (Å²) in [4.78, 5) is -0.396. The molecule has 0 aromatic heterocycles. The first kappa shape index (κ1) is 16.7. The summed E-state index contributed by atoms with van der Waals surface area (Å²) in [6.45, 7) is 0.691. The third kappa shape index (κ3) is 3.56. The molecular formula is C13H18BrFN2O3S. The van der Waals surface area contributed by atoms with Crippen molar-refractivity contribution in [3.63, 3.8) is 0 Å². The molecule has 5 nitrogen and oxygen atoms in total. The summed E-state index contributed by atoms with van der Waals surface area (Å²) in [6.07, 6.45) is 2.13. The molecule has 1 fully saturated rings. The Balaban J connectivity index is 2.31. The van der Waals surface area contributed by atoms with Gasteiger partial charge in [0, 0.05) is 29.9 Å². The molecule has 1 aromatic rings. The van der Waals surface area contributed by atoms with Gasteiger partial charge in [0.15, 0.2) is 0 Å². The molecule has 1 saturated heterocycles. The van der Waals surface area contributed by atoms with Crippen LogP contribution in [-0.2, 0) is 10.0 Å². The van der Waals surface area contributed by atoms with Crippen LogP contribution in [0.25, 0.3) is 0 Å². The minimum absolute atomic E-state index is 0.0259. The van der Waals surface area contributed by atoms with Gasteiger partial charge in [0.2, 0.25) is 10.0 Å². The van der Waals surface area contributed by atoms with Gasteiger partial charge in [0.1, 0.15) is 10.7 Å². The quantitative estimate of drug-likeness (QED) is 0.781. The predicted octanol–water partition coefficient (Wildman–Crippen LogP) is 1.95. The minimum Gasteiger partial charge on any atom is -0.398 e. The molecule has 1 aliphatic heterocycles. The SMILES string of the molecule is Nc1cc(S(=O)(=O)N2CCCC(CCO)C2)c(F)cc1Br. The first-order valence-corrected chi connectivity index (χ1v) is 8.95. The van der Waals surface area contributed by atoms with Crippen LogP contribution >= 0.6 is 15.9 Å². The Bertz CT molecular complexity index is 622. The number of rotatable bonds is 4. The number of piperidine rings is 1. The second kappa shape index (κ2) is 6.60. The lowest BCUT2D eigenvalue weighted by Gasteiger charge is -2.31. The molecule has 1 aromatic carbocycles. The van der Waals surface area contributed by atoms with E-state index in [4.69, 9.17) is 10.8 Å². The zero-order chi connectivity index (χ0) is 15.6. The maximum Gasteiger partial charge on any atom is 0.246 e. The highest BCUT2D eigenvalue weighted by molar-refractivity contribution is 9.10. The summed E-state index contributed by atoms with van der Waals surface area (Å²) in [5, 5.41) is 8.99. The number of aliphatic hydroxyl groups excluding tert-OH is 1. The zero-order valence-corrected chi connectivity index (χ0v) is 13.8. The Morgan fingerprint density at radius 3 is 2.86 bits per heavy atom. The molecule has 21 heavy (non-hydrogen) atoms. The molecule has 1 atom stereocenters. The summed E-state index contributed by atoms with van der Waals surface area (Å²) in [7, 11) is -3.91. The van der Waals surface area contributed by atoms with Gasteiger partial charge in [0.25, 0.3) is 0 Å². The maximum absolute atomic E-state index is 14.0. The third-order valence-electron chi connectivity index (χ3n) is 3.69. The van der Waals surface area contributed by atoms with Crippen LogP contribution in [0.3, 0.4) is 0 Å². The first-order chi connectivity index (χ1) is 9.86. The van der Waals surface area contributed by atoms with Crippen molar-refractivity contribution < 1.29 is 17.9 Å². The number of sulfonamides is 1. The standard InChI is InChI=1S/C13H18BrFN2O3S/c14-10-6-11(15)13(7-12(10)16)21(19,20)17-4-1-2-9(8-17)3-5-18/h6-7,9,18H,1-5,8,16H2. The number of nitrogens with zero attached hydrogens (tertiary/aromatic N) is 1. The normalized spacial score (nSPS) is 20.6. The zero-order valence-electron chi connectivity index (χ0n) is 11.4. The van der Waals surface area contributed by atoms with E-state index in [0.717, 1.165) is 18.6 Å². The van der Waals surface area contributed by atoms with Gasteiger partial charge in [-0.15, -0.1) is 0 Å². The van der Waals surface area contributed by atoms with E-state index in [9.17, 15) is 12.8 Å². The van der Waals surface area contributed by atoms with Gasteiger partial charge in [-0.1, -0.05) is 0 Å². The molecule has 0 aliphatic carbocycles. The number of anilines is 1. The van der Waals surface area contributed by atoms with E-state index in [2.05, 4.69) is 15.9 Å². The molecular weight excluding hydrogens is 363 g/mol. The highest BCUT2D eigenvalue weighted by atomic mass is 79.9. The van der Waals surface area contributed by atoms with E-state index >= 15 is 0 Å². The van der Waals surface area contributed by atoms with Crippen LogP contribution in [0.15, 0.2) is 21.5 Å². The van der Waals surface area contributed by atoms with Crippen LogP contribution in [0, 0.1) is 11.7 Å². The fourth-order valence-corrected chi connectivity index (χ4v) is 4.50. The Labute approximate surface area is 132 Å². The number of hydrogen-bond acceptors (Lipinski definition) is 4. The molecule has 2 rings (SSSR count). The van der Waals surface area contributed by atoms with Crippen LogP contribution in [0.5, 0.6) is 0 Å². The molecule has 0 bridgehead atoms. The van der Waals surface area contributed by atoms with Crippen LogP contribution in [0.4, 0.5) is 10.1 Å². The average molecular weight is 381 g/mol. The Morgan fingerprint density at radius 2 is 2.19 bits per heavy atom. The van der Waals surface area contributed by atoms with Gasteiger partial charge in [-0.2, -0.15) is 4.31 Å². The summed E-state index contributed by atoms with van der Waals surface area (Å²) in [6, 6.07) is 2.21. The Kier molecular flexibility index (Phi) is 5.24. The molecule has 3 N–H and O–H groups in total. The van der Waals surface area contributed by atoms with E-state index in [-0.39, 0.29) is 18.2 Å². The van der Waals surface area contributed by atoms with Gasteiger partial charge in [-0.25, -0.2) is 12.8 Å². The van der Waals surface area contributed by atoms with Crippen molar-refractivity contribution in [3.8, 4) is 0 Å². The summed E-state index contributed by atoms with van der Waals surface area (Å²) < 4.78 is 40.8. The third-order valence-corrected chi connectivity index (χ3v) is 6.26. The highest BCUT2D eigenvalue weighted by Crippen LogP contribution is 2.30. The molecule has 1 unspecified atom stereocenters. The van der Waals surface area contributed by atoms with E-state index in [1.807, 2.05) is 0 Å². The predicted molar refractivity (Wildman–Crippen MR) is 81.7 cm³/mol. The summed E-state index contributed by atoms with van der Waals surface area (Å²) >= 11 is 3.07. The van der Waals surface area contributed by atoms with Crippen molar-refractivity contribution in [1.29, 1.82) is 0 Å². The molecule has 118 valence electrons. The van der Waals surface area contributed by atoms with Crippen LogP contribution in [0.2, 0.25) is 0 Å². The van der Waals surface area contributed by atoms with Crippen molar-refractivity contribution >= 4 is 31.6 Å². The number of hydrogen-bond donors (Lipinski definition) is 2. The summed E-state index contributed by atoms with van der Waals surface area (Å²) in [5.74, 6) is -0.713. The highest BCUT2D eigenvalue weighted by Gasteiger charge is 2.32. The second-order valence-electron chi connectivity index (χ2n) is 5.19. The van der Waals surface area contributed by atoms with Gasteiger partial charge in [-0.3, -0.25) is 0 Å². The number of benzene rings is 1. The smallest absolute Gasteiger partial charge is 0.246 e. The molecule has 0 amide bonds. The molecule has 0 radical (unpaired) electrons. The second-order valence-corrected chi connectivity index (χ2v) is 7.95. The monoisotopic (exact) mass is 380 g/mol. The van der Waals surface area contributed by atoms with Gasteiger partial charge in [-0.05, 0) is 53.2 Å². The number of halogens is 2. The largest absolute Gasteiger partial charge is 0.398 e. The number of nitrogen functional groups attached to an aromatic ring is 1. The van der Waals surface area contributed by atoms with E-state index in [1.54, 1.807) is 0 Å². The molecule has 0 spiro atoms. The van der Waals surface area contributed by atoms with Gasteiger partial charge in [0.05, 0.1) is 0 Å². The number of nitrogens with two attached hydrogens (primary N) is 1. The van der Waals surface area contributed by atoms with Crippen LogP contribution in [0.1, 0.15) is 19.3 Å². The molecule has 1 heterocycles. The van der Waals surface area contributed by atoms with Crippen molar-refractivity contribution in [2.45, 2.75) is 24.2 Å². The lowest BCUT2D eigenvalue weighted by atomic mass is 9.97. The van der Waals surface area contributed by atoms with Crippen molar-refractivity contribution in [1.82, 2.24) is 4.31 Å². The topological polar surface area (TPSA) is 83.6 Å². The Hall–Kier alpha value is -0.700. The Morgan fingerprint density at radius 1 is 1.48 bits per heavy atom. The van der Waals surface area contributed by atoms with Crippen LogP contribution < -0.4 is 5.73 Å². The number of aliphatic hydroxyl groups is 1. The lowest BCUT2D eigenvalue weighted by molar-refractivity contribution is 0.202. The van der Waals surface area contributed by atoms with E-state index in [1.165, 1.54) is 4.31 Å². The van der Waals surface area contributed by atoms with Gasteiger partial charge >= 0.3 is 0 Å². The fourth-order valence-electron chi connectivity index (χ4n) is 2.54. The molecule has 8 heteroatoms. The fraction of sp³-hybridized carbons (Fsp3) is 0.538. The van der Waals surface area contributed by atoms with Crippen molar-refractivity contribution in [2.24, 2.45) is 5.92 Å². The first-order valence-electron chi connectivity index (χ1n) is 6.71. The minimum atomic E-state index is -3.91. The van der Waals surface area contributed by atoms with Crippen LogP contribution in [-0.4, -0.2) is 37.5 Å². The van der Waals surface area contributed by atoms with Gasteiger partial charge < -0.3 is 10.8 Å². The van der Waals surface area contributed by atoms with E-state index < -0.39 is 20.7 Å². The molecule has 0 saturated carbocycles. The average Bonchev–Trinajstić information content (AvgIpc) is 2.43. The summed E-state index contributed by atoms with van der Waals surface area (Å²) in [5.41, 5.74) is 5.84. The van der Waals surface area contributed by atoms with Crippen molar-refractivity contribution in [2.75, 3.05) is 25.4 Å². The maximum atomic E-state index is 14.0.